The molecule has 25 heavy (non-hydrogen) atoms. The van der Waals surface area contributed by atoms with Gasteiger partial charge in [0, 0.05) is 23.4 Å². The van der Waals surface area contributed by atoms with Crippen molar-refractivity contribution >= 4 is 17.5 Å². The van der Waals surface area contributed by atoms with E-state index in [9.17, 15) is 9.59 Å². The Morgan fingerprint density at radius 3 is 2.20 bits per heavy atom. The summed E-state index contributed by atoms with van der Waals surface area (Å²) in [7, 11) is 4.00. The third-order valence-electron chi connectivity index (χ3n) is 3.75. The number of anilines is 1. The molecule has 0 unspecified atom stereocenters. The Hall–Kier alpha value is -2.66. The molecule has 0 aliphatic rings. The van der Waals surface area contributed by atoms with Crippen molar-refractivity contribution in [2.45, 2.75) is 13.3 Å². The predicted molar refractivity (Wildman–Crippen MR) is 101 cm³/mol. The van der Waals surface area contributed by atoms with Crippen LogP contribution in [0.5, 0.6) is 0 Å². The summed E-state index contributed by atoms with van der Waals surface area (Å²) in [6.07, 6.45) is 0.899. The summed E-state index contributed by atoms with van der Waals surface area (Å²) in [6.45, 7) is 3.53. The quantitative estimate of drug-likeness (QED) is 0.763. The normalized spacial score (nSPS) is 10.6. The molecule has 2 amide bonds. The number of nitrogens with one attached hydrogen (secondary N) is 2. The third-order valence-corrected chi connectivity index (χ3v) is 3.75. The van der Waals surface area contributed by atoms with Crippen LogP contribution in [0.1, 0.15) is 32.7 Å². The molecular formula is C20H25N3O2. The van der Waals surface area contributed by atoms with E-state index in [-0.39, 0.29) is 11.8 Å². The van der Waals surface area contributed by atoms with Crippen LogP contribution >= 0.6 is 0 Å². The molecule has 0 saturated carbocycles. The molecule has 0 saturated heterocycles. The molecule has 132 valence electrons. The topological polar surface area (TPSA) is 61.4 Å². The van der Waals surface area contributed by atoms with Crippen molar-refractivity contribution in [3.63, 3.8) is 0 Å². The fraction of sp³-hybridized carbons (Fsp3) is 0.300. The summed E-state index contributed by atoms with van der Waals surface area (Å²) >= 11 is 0. The zero-order valence-corrected chi connectivity index (χ0v) is 15.0. The second kappa shape index (κ2) is 8.99. The molecule has 0 atom stereocenters. The molecule has 0 bridgehead atoms. The van der Waals surface area contributed by atoms with Crippen molar-refractivity contribution in [1.29, 1.82) is 0 Å². The molecule has 0 spiro atoms. The second-order valence-electron chi connectivity index (χ2n) is 6.31. The average molecular weight is 339 g/mol. The molecule has 0 aromatic heterocycles. The van der Waals surface area contributed by atoms with Crippen LogP contribution < -0.4 is 10.6 Å². The van der Waals surface area contributed by atoms with Gasteiger partial charge in [0.1, 0.15) is 0 Å². The lowest BCUT2D eigenvalue weighted by Gasteiger charge is -2.10. The lowest BCUT2D eigenvalue weighted by Crippen LogP contribution is -2.27. The van der Waals surface area contributed by atoms with Gasteiger partial charge in [0.25, 0.3) is 11.8 Å². The van der Waals surface area contributed by atoms with E-state index in [0.717, 1.165) is 24.2 Å². The van der Waals surface area contributed by atoms with Crippen molar-refractivity contribution in [3.8, 4) is 0 Å². The van der Waals surface area contributed by atoms with Gasteiger partial charge in [0.15, 0.2) is 0 Å². The zero-order chi connectivity index (χ0) is 18.2. The van der Waals surface area contributed by atoms with E-state index in [1.807, 2.05) is 45.3 Å². The van der Waals surface area contributed by atoms with Crippen LogP contribution in [0.3, 0.4) is 0 Å². The van der Waals surface area contributed by atoms with Crippen LogP contribution in [-0.2, 0) is 0 Å². The minimum atomic E-state index is -0.191. The third kappa shape index (κ3) is 6.04. The molecule has 5 heteroatoms. The van der Waals surface area contributed by atoms with E-state index >= 15 is 0 Å². The second-order valence-corrected chi connectivity index (χ2v) is 6.31. The number of hydrogen-bond donors (Lipinski definition) is 2. The van der Waals surface area contributed by atoms with Gasteiger partial charge in [0.2, 0.25) is 0 Å². The molecule has 0 aliphatic carbocycles. The smallest absolute Gasteiger partial charge is 0.255 e. The first-order valence-corrected chi connectivity index (χ1v) is 8.37. The molecule has 0 radical (unpaired) electrons. The number of hydrogen-bond acceptors (Lipinski definition) is 3. The first-order chi connectivity index (χ1) is 12.0. The van der Waals surface area contributed by atoms with Crippen LogP contribution in [0.4, 0.5) is 5.69 Å². The number of aryl methyl sites for hydroxylation is 1. The maximum Gasteiger partial charge on any atom is 0.255 e. The Labute approximate surface area is 149 Å². The number of amides is 2. The minimum Gasteiger partial charge on any atom is -0.352 e. The first kappa shape index (κ1) is 18.7. The van der Waals surface area contributed by atoms with E-state index in [1.165, 1.54) is 0 Å². The lowest BCUT2D eigenvalue weighted by molar-refractivity contribution is 0.0950. The summed E-state index contributed by atoms with van der Waals surface area (Å²) in [5.41, 5.74) is 2.91. The summed E-state index contributed by atoms with van der Waals surface area (Å²) in [5, 5.41) is 5.74. The summed E-state index contributed by atoms with van der Waals surface area (Å²) in [4.78, 5) is 26.4. The standard InChI is InChI=1S/C20H25N3O2/c1-15-6-4-7-18(14-15)22-20(25)17-10-8-16(9-11-17)19(24)21-12-5-13-23(2)3/h4,6-11,14H,5,12-13H2,1-3H3,(H,21,24)(H,22,25). The molecule has 5 nitrogen and oxygen atoms in total. The van der Waals surface area contributed by atoms with Crippen molar-refractivity contribution < 1.29 is 9.59 Å². The van der Waals surface area contributed by atoms with Gasteiger partial charge >= 0.3 is 0 Å². The minimum absolute atomic E-state index is 0.121. The number of carbonyl (C=O) groups is 2. The van der Waals surface area contributed by atoms with E-state index in [0.29, 0.717) is 17.7 Å². The first-order valence-electron chi connectivity index (χ1n) is 8.37. The largest absolute Gasteiger partial charge is 0.352 e. The Morgan fingerprint density at radius 1 is 0.960 bits per heavy atom. The fourth-order valence-electron chi connectivity index (χ4n) is 2.40. The maximum atomic E-state index is 12.3. The number of benzene rings is 2. The fourth-order valence-corrected chi connectivity index (χ4v) is 2.40. The average Bonchev–Trinajstić information content (AvgIpc) is 2.58. The molecular weight excluding hydrogens is 314 g/mol. The summed E-state index contributed by atoms with van der Waals surface area (Å²) in [6, 6.07) is 14.3. The van der Waals surface area contributed by atoms with Crippen molar-refractivity contribution in [3.05, 3.63) is 65.2 Å². The number of carbonyl (C=O) groups excluding carboxylic acids is 2. The van der Waals surface area contributed by atoms with Crippen LogP contribution in [0.25, 0.3) is 0 Å². The van der Waals surface area contributed by atoms with Crippen LogP contribution in [0.2, 0.25) is 0 Å². The Bertz CT molecular complexity index is 724. The highest BCUT2D eigenvalue weighted by atomic mass is 16.2. The van der Waals surface area contributed by atoms with Gasteiger partial charge in [-0.25, -0.2) is 0 Å². The Kier molecular flexibility index (Phi) is 6.71. The molecule has 0 fully saturated rings. The Balaban J connectivity index is 1.90. The maximum absolute atomic E-state index is 12.3. The van der Waals surface area contributed by atoms with Gasteiger partial charge in [-0.15, -0.1) is 0 Å². The summed E-state index contributed by atoms with van der Waals surface area (Å²) < 4.78 is 0. The zero-order valence-electron chi connectivity index (χ0n) is 15.0. The van der Waals surface area contributed by atoms with Gasteiger partial charge in [-0.05, 0) is 75.9 Å². The van der Waals surface area contributed by atoms with Crippen molar-refractivity contribution in [2.75, 3.05) is 32.5 Å². The predicted octanol–water partition coefficient (Wildman–Crippen LogP) is 2.93. The molecule has 0 heterocycles. The molecule has 0 aliphatic heterocycles. The summed E-state index contributed by atoms with van der Waals surface area (Å²) in [5.74, 6) is -0.312. The monoisotopic (exact) mass is 339 g/mol. The van der Waals surface area contributed by atoms with E-state index in [2.05, 4.69) is 15.5 Å². The number of nitrogens with zero attached hydrogens (tertiary/aromatic N) is 1. The molecule has 2 aromatic carbocycles. The highest BCUT2D eigenvalue weighted by Crippen LogP contribution is 2.12. The SMILES string of the molecule is Cc1cccc(NC(=O)c2ccc(C(=O)NCCCN(C)C)cc2)c1. The van der Waals surface area contributed by atoms with Gasteiger partial charge in [-0.3, -0.25) is 9.59 Å². The van der Waals surface area contributed by atoms with Gasteiger partial charge in [0.05, 0.1) is 0 Å². The van der Waals surface area contributed by atoms with Crippen molar-refractivity contribution in [1.82, 2.24) is 10.2 Å². The Morgan fingerprint density at radius 2 is 1.60 bits per heavy atom. The molecule has 2 N–H and O–H groups in total. The van der Waals surface area contributed by atoms with Crippen molar-refractivity contribution in [2.24, 2.45) is 0 Å². The van der Waals surface area contributed by atoms with Gasteiger partial charge in [-0.1, -0.05) is 12.1 Å². The highest BCUT2D eigenvalue weighted by Gasteiger charge is 2.09. The number of rotatable bonds is 7. The van der Waals surface area contributed by atoms with Gasteiger partial charge < -0.3 is 15.5 Å². The molecule has 2 rings (SSSR count). The van der Waals surface area contributed by atoms with Crippen LogP contribution in [0.15, 0.2) is 48.5 Å². The lowest BCUT2D eigenvalue weighted by atomic mass is 10.1. The molecule has 2 aromatic rings. The van der Waals surface area contributed by atoms with Gasteiger partial charge in [-0.2, -0.15) is 0 Å². The van der Waals surface area contributed by atoms with Crippen LogP contribution in [-0.4, -0.2) is 43.9 Å². The van der Waals surface area contributed by atoms with E-state index < -0.39 is 0 Å². The van der Waals surface area contributed by atoms with Crippen LogP contribution in [0, 0.1) is 6.92 Å². The van der Waals surface area contributed by atoms with E-state index in [4.69, 9.17) is 0 Å². The van der Waals surface area contributed by atoms with E-state index in [1.54, 1.807) is 24.3 Å². The highest BCUT2D eigenvalue weighted by molar-refractivity contribution is 6.05.